The molecule has 0 unspecified atom stereocenters. The number of primary amides is 1. The number of aryl methyl sites for hydroxylation is 1. The van der Waals surface area contributed by atoms with Crippen molar-refractivity contribution in [2.75, 3.05) is 30.8 Å². The molecular weight excluding hydrogens is 366 g/mol. The summed E-state index contributed by atoms with van der Waals surface area (Å²) in [5.74, 6) is -1.12. The van der Waals surface area contributed by atoms with Gasteiger partial charge in [-0.15, -0.1) is 11.3 Å². The van der Waals surface area contributed by atoms with Crippen molar-refractivity contribution in [2.45, 2.75) is 19.3 Å². The summed E-state index contributed by atoms with van der Waals surface area (Å²) >= 11 is 2.48. The molecule has 1 aliphatic carbocycles. The van der Waals surface area contributed by atoms with Gasteiger partial charge in [-0.2, -0.15) is 0 Å². The Morgan fingerprint density at radius 2 is 2.08 bits per heavy atom. The zero-order chi connectivity index (χ0) is 18.0. The number of hydrogen-bond acceptors (Lipinski definition) is 7. The predicted octanol–water partition coefficient (Wildman–Crippen LogP) is 0.986. The largest absolute Gasteiger partial charge is 0.454 e. The Bertz CT molecular complexity index is 746. The second-order valence-electron chi connectivity index (χ2n) is 5.67. The number of nitrogens with zero attached hydrogens (tertiary/aromatic N) is 1. The highest BCUT2D eigenvalue weighted by Gasteiger charge is 2.27. The minimum absolute atomic E-state index is 0.166. The van der Waals surface area contributed by atoms with E-state index in [1.165, 1.54) is 16.2 Å². The van der Waals surface area contributed by atoms with E-state index >= 15 is 0 Å². The number of fused-ring (bicyclic) bond motifs is 1. The smallest absolute Gasteiger partial charge is 0.326 e. The molecule has 0 bridgehead atoms. The minimum atomic E-state index is -0.644. The standard InChI is InChI=1S/C15H17N3O5S2/c16-13(21)12-8-2-1-3-9(8)25-14(12)17-10(19)7-23-11(20)6-18-4-5-24-15(18)22/h1-7H2,(H2,16,21)(H,17,19). The quantitative estimate of drug-likeness (QED) is 0.707. The van der Waals surface area contributed by atoms with Crippen molar-refractivity contribution in [1.82, 2.24) is 4.90 Å². The number of nitrogens with one attached hydrogen (secondary N) is 1. The summed E-state index contributed by atoms with van der Waals surface area (Å²) in [4.78, 5) is 49.2. The van der Waals surface area contributed by atoms with Crippen LogP contribution in [0, 0.1) is 0 Å². The first-order chi connectivity index (χ1) is 12.0. The SMILES string of the molecule is NC(=O)c1c(NC(=O)COC(=O)CN2CCSC2=O)sc2c1CCC2. The molecule has 1 saturated heterocycles. The molecule has 0 spiro atoms. The summed E-state index contributed by atoms with van der Waals surface area (Å²) in [7, 11) is 0. The van der Waals surface area contributed by atoms with Crippen LogP contribution in [0.3, 0.4) is 0 Å². The van der Waals surface area contributed by atoms with Gasteiger partial charge in [-0.3, -0.25) is 19.2 Å². The molecule has 25 heavy (non-hydrogen) atoms. The third-order valence-corrected chi connectivity index (χ3v) is 6.05. The fraction of sp³-hybridized carbons (Fsp3) is 0.467. The van der Waals surface area contributed by atoms with Crippen LogP contribution in [0.15, 0.2) is 0 Å². The van der Waals surface area contributed by atoms with Crippen LogP contribution < -0.4 is 11.1 Å². The summed E-state index contributed by atoms with van der Waals surface area (Å²) < 4.78 is 4.90. The van der Waals surface area contributed by atoms with Crippen LogP contribution in [-0.4, -0.2) is 53.4 Å². The molecule has 2 aliphatic rings. The third kappa shape index (κ3) is 3.96. The van der Waals surface area contributed by atoms with E-state index < -0.39 is 24.4 Å². The molecule has 1 aliphatic heterocycles. The van der Waals surface area contributed by atoms with Crippen LogP contribution in [0.2, 0.25) is 0 Å². The van der Waals surface area contributed by atoms with Crippen LogP contribution in [0.5, 0.6) is 0 Å². The van der Waals surface area contributed by atoms with E-state index in [1.807, 2.05) is 0 Å². The summed E-state index contributed by atoms with van der Waals surface area (Å²) in [6, 6.07) is 0. The number of ether oxygens (including phenoxy) is 1. The van der Waals surface area contributed by atoms with Gasteiger partial charge in [-0.05, 0) is 24.8 Å². The fourth-order valence-electron chi connectivity index (χ4n) is 2.83. The molecule has 3 amide bonds. The molecule has 8 nitrogen and oxygen atoms in total. The van der Waals surface area contributed by atoms with Crippen LogP contribution in [0.4, 0.5) is 9.80 Å². The third-order valence-electron chi connectivity index (χ3n) is 3.95. The fourth-order valence-corrected chi connectivity index (χ4v) is 4.97. The number of amides is 3. The second kappa shape index (κ2) is 7.44. The van der Waals surface area contributed by atoms with E-state index in [2.05, 4.69) is 5.32 Å². The highest BCUT2D eigenvalue weighted by molar-refractivity contribution is 8.13. The molecule has 0 radical (unpaired) electrons. The average Bonchev–Trinajstić information content (AvgIpc) is 3.22. The van der Waals surface area contributed by atoms with Crippen molar-refractivity contribution in [3.63, 3.8) is 0 Å². The molecule has 1 fully saturated rings. The van der Waals surface area contributed by atoms with Crippen molar-refractivity contribution in [3.05, 3.63) is 16.0 Å². The van der Waals surface area contributed by atoms with Crippen molar-refractivity contribution in [1.29, 1.82) is 0 Å². The Labute approximate surface area is 152 Å². The Morgan fingerprint density at radius 1 is 1.28 bits per heavy atom. The number of carbonyl (C=O) groups is 4. The van der Waals surface area contributed by atoms with Gasteiger partial charge in [0.1, 0.15) is 11.5 Å². The molecule has 0 atom stereocenters. The maximum Gasteiger partial charge on any atom is 0.326 e. The summed E-state index contributed by atoms with van der Waals surface area (Å²) in [5, 5.41) is 2.84. The monoisotopic (exact) mass is 383 g/mol. The van der Waals surface area contributed by atoms with Crippen LogP contribution in [0.25, 0.3) is 0 Å². The van der Waals surface area contributed by atoms with Gasteiger partial charge in [-0.25, -0.2) is 0 Å². The van der Waals surface area contributed by atoms with E-state index in [0.717, 1.165) is 41.5 Å². The topological polar surface area (TPSA) is 119 Å². The number of anilines is 1. The number of thioether (sulfide) groups is 1. The molecule has 134 valence electrons. The van der Waals surface area contributed by atoms with Gasteiger partial charge in [0.15, 0.2) is 6.61 Å². The number of rotatable bonds is 6. The average molecular weight is 383 g/mol. The van der Waals surface area contributed by atoms with Crippen molar-refractivity contribution < 1.29 is 23.9 Å². The molecule has 0 saturated carbocycles. The molecule has 3 N–H and O–H groups in total. The Kier molecular flexibility index (Phi) is 5.28. The lowest BCUT2D eigenvalue weighted by atomic mass is 10.1. The van der Waals surface area contributed by atoms with Crippen LogP contribution in [0.1, 0.15) is 27.2 Å². The van der Waals surface area contributed by atoms with Gasteiger partial charge in [0.05, 0.1) is 5.56 Å². The Hall–Kier alpha value is -2.07. The van der Waals surface area contributed by atoms with E-state index in [1.54, 1.807) is 0 Å². The molecule has 3 rings (SSSR count). The first kappa shape index (κ1) is 17.7. The van der Waals surface area contributed by atoms with Gasteiger partial charge >= 0.3 is 5.97 Å². The number of esters is 1. The molecule has 1 aromatic heterocycles. The molecule has 2 heterocycles. The molecule has 10 heteroatoms. The highest BCUT2D eigenvalue weighted by atomic mass is 32.2. The van der Waals surface area contributed by atoms with E-state index in [9.17, 15) is 19.2 Å². The zero-order valence-corrected chi connectivity index (χ0v) is 15.0. The van der Waals surface area contributed by atoms with Gasteiger partial charge in [0.2, 0.25) is 0 Å². The number of nitrogens with two attached hydrogens (primary N) is 1. The lowest BCUT2D eigenvalue weighted by molar-refractivity contribution is -0.147. The van der Waals surface area contributed by atoms with Gasteiger partial charge in [-0.1, -0.05) is 11.8 Å². The van der Waals surface area contributed by atoms with Crippen molar-refractivity contribution in [2.24, 2.45) is 5.73 Å². The maximum absolute atomic E-state index is 12.0. The molecular formula is C15H17N3O5S2. The summed E-state index contributed by atoms with van der Waals surface area (Å²) in [6.45, 7) is -0.152. The summed E-state index contributed by atoms with van der Waals surface area (Å²) in [6.07, 6.45) is 2.62. The van der Waals surface area contributed by atoms with Crippen molar-refractivity contribution in [3.8, 4) is 0 Å². The van der Waals surface area contributed by atoms with E-state index in [4.69, 9.17) is 10.5 Å². The maximum atomic E-state index is 12.0. The van der Waals surface area contributed by atoms with E-state index in [0.29, 0.717) is 22.9 Å². The first-order valence-corrected chi connectivity index (χ1v) is 9.57. The predicted molar refractivity (Wildman–Crippen MR) is 93.9 cm³/mol. The summed E-state index contributed by atoms with van der Waals surface area (Å²) in [5.41, 5.74) is 6.70. The lowest BCUT2D eigenvalue weighted by Gasteiger charge is -2.13. The molecule has 1 aromatic rings. The number of hydrogen-bond donors (Lipinski definition) is 2. The first-order valence-electron chi connectivity index (χ1n) is 7.77. The van der Waals surface area contributed by atoms with E-state index in [-0.39, 0.29) is 11.8 Å². The minimum Gasteiger partial charge on any atom is -0.454 e. The Balaban J connectivity index is 1.54. The van der Waals surface area contributed by atoms with Crippen molar-refractivity contribution >= 4 is 51.1 Å². The van der Waals surface area contributed by atoms with Gasteiger partial charge < -0.3 is 20.7 Å². The van der Waals surface area contributed by atoms with Crippen LogP contribution in [-0.2, 0) is 27.2 Å². The second-order valence-corrected chi connectivity index (χ2v) is 7.82. The normalized spacial score (nSPS) is 16.0. The number of thiophene rings is 1. The lowest BCUT2D eigenvalue weighted by Crippen LogP contribution is -2.32. The zero-order valence-electron chi connectivity index (χ0n) is 13.3. The van der Waals surface area contributed by atoms with Gasteiger partial charge in [0, 0.05) is 17.2 Å². The van der Waals surface area contributed by atoms with Gasteiger partial charge in [0.25, 0.3) is 17.1 Å². The highest BCUT2D eigenvalue weighted by Crippen LogP contribution is 2.38. The number of carbonyl (C=O) groups excluding carboxylic acids is 4. The molecule has 0 aromatic carbocycles. The Morgan fingerprint density at radius 3 is 2.76 bits per heavy atom. The van der Waals surface area contributed by atoms with Crippen LogP contribution >= 0.6 is 23.1 Å².